The van der Waals surface area contributed by atoms with Gasteiger partial charge in [0, 0.05) is 24.8 Å². The van der Waals surface area contributed by atoms with Gasteiger partial charge < -0.3 is 15.4 Å². The average molecular weight is 369 g/mol. The van der Waals surface area contributed by atoms with E-state index in [9.17, 15) is 13.2 Å². The second-order valence-electron chi connectivity index (χ2n) is 6.52. The standard InChI is InChI=1S/C17H27N3O4S/c1-13(2)24-16-8-6-14(7-9-16)19-25(22,23)12-17(21)20-10-4-3-5-15(20)11-18/h6-9,13,15,19H,3-5,10-12,18H2,1-2H3. The quantitative estimate of drug-likeness (QED) is 0.759. The van der Waals surface area contributed by atoms with Crippen LogP contribution in [0.4, 0.5) is 5.69 Å². The van der Waals surface area contributed by atoms with Crippen molar-refractivity contribution >= 4 is 21.6 Å². The third-order valence-corrected chi connectivity index (χ3v) is 5.21. The van der Waals surface area contributed by atoms with E-state index in [1.54, 1.807) is 29.2 Å². The third kappa shape index (κ3) is 5.89. The normalized spacial score (nSPS) is 18.2. The molecule has 1 amide bonds. The molecule has 2 rings (SSSR count). The zero-order valence-electron chi connectivity index (χ0n) is 14.8. The number of amides is 1. The van der Waals surface area contributed by atoms with E-state index in [4.69, 9.17) is 10.5 Å². The topological polar surface area (TPSA) is 102 Å². The number of sulfonamides is 1. The lowest BCUT2D eigenvalue weighted by atomic mass is 10.0. The summed E-state index contributed by atoms with van der Waals surface area (Å²) in [6, 6.07) is 6.54. The van der Waals surface area contributed by atoms with Crippen molar-refractivity contribution in [2.24, 2.45) is 5.73 Å². The van der Waals surface area contributed by atoms with Gasteiger partial charge in [0.15, 0.2) is 0 Å². The van der Waals surface area contributed by atoms with Gasteiger partial charge in [0.05, 0.1) is 6.10 Å². The van der Waals surface area contributed by atoms with Crippen molar-refractivity contribution in [1.29, 1.82) is 0 Å². The van der Waals surface area contributed by atoms with Crippen molar-refractivity contribution in [2.45, 2.75) is 45.3 Å². The number of nitrogens with one attached hydrogen (secondary N) is 1. The molecular weight excluding hydrogens is 342 g/mol. The van der Waals surface area contributed by atoms with E-state index in [0.717, 1.165) is 19.3 Å². The predicted molar refractivity (Wildman–Crippen MR) is 98.0 cm³/mol. The molecule has 1 atom stereocenters. The molecule has 0 saturated carbocycles. The number of hydrogen-bond donors (Lipinski definition) is 2. The van der Waals surface area contributed by atoms with Crippen LogP contribution in [0.3, 0.4) is 0 Å². The number of hydrogen-bond acceptors (Lipinski definition) is 5. The van der Waals surface area contributed by atoms with Gasteiger partial charge in [0.2, 0.25) is 15.9 Å². The lowest BCUT2D eigenvalue weighted by Crippen LogP contribution is -2.49. The smallest absolute Gasteiger partial charge is 0.241 e. The minimum Gasteiger partial charge on any atom is -0.491 e. The number of nitrogens with zero attached hydrogens (tertiary/aromatic N) is 1. The molecule has 1 aliphatic heterocycles. The van der Waals surface area contributed by atoms with Gasteiger partial charge in [0.1, 0.15) is 11.5 Å². The highest BCUT2D eigenvalue weighted by Gasteiger charge is 2.28. The molecular formula is C17H27N3O4S. The van der Waals surface area contributed by atoms with Crippen LogP contribution in [0.15, 0.2) is 24.3 Å². The number of benzene rings is 1. The van der Waals surface area contributed by atoms with Gasteiger partial charge in [-0.3, -0.25) is 9.52 Å². The van der Waals surface area contributed by atoms with Crippen LogP contribution >= 0.6 is 0 Å². The monoisotopic (exact) mass is 369 g/mol. The molecule has 8 heteroatoms. The van der Waals surface area contributed by atoms with E-state index >= 15 is 0 Å². The fourth-order valence-electron chi connectivity index (χ4n) is 2.91. The third-order valence-electron chi connectivity index (χ3n) is 4.03. The number of nitrogens with two attached hydrogens (primary N) is 1. The maximum absolute atomic E-state index is 12.4. The highest BCUT2D eigenvalue weighted by atomic mass is 32.2. The Hall–Kier alpha value is -1.80. The molecule has 0 aliphatic carbocycles. The average Bonchev–Trinajstić information content (AvgIpc) is 2.55. The van der Waals surface area contributed by atoms with Gasteiger partial charge in [-0.1, -0.05) is 0 Å². The number of carbonyl (C=O) groups excluding carboxylic acids is 1. The zero-order valence-corrected chi connectivity index (χ0v) is 15.6. The Labute approximate surface area is 149 Å². The molecule has 140 valence electrons. The summed E-state index contributed by atoms with van der Waals surface area (Å²) in [5.74, 6) is -0.316. The van der Waals surface area contributed by atoms with Crippen LogP contribution in [0.25, 0.3) is 0 Å². The summed E-state index contributed by atoms with van der Waals surface area (Å²) in [6.07, 6.45) is 2.77. The van der Waals surface area contributed by atoms with Gasteiger partial charge in [-0.05, 0) is 57.4 Å². The highest BCUT2D eigenvalue weighted by Crippen LogP contribution is 2.19. The number of ether oxygens (including phenoxy) is 1. The van der Waals surface area contributed by atoms with Gasteiger partial charge >= 0.3 is 0 Å². The molecule has 0 aromatic heterocycles. The summed E-state index contributed by atoms with van der Waals surface area (Å²) in [6.45, 7) is 4.75. The van der Waals surface area contributed by atoms with Crippen LogP contribution in [0.5, 0.6) is 5.75 Å². The van der Waals surface area contributed by atoms with E-state index < -0.39 is 21.7 Å². The van der Waals surface area contributed by atoms with Crippen molar-refractivity contribution in [3.8, 4) is 5.75 Å². The van der Waals surface area contributed by atoms with Crippen LogP contribution in [-0.4, -0.2) is 50.2 Å². The van der Waals surface area contributed by atoms with Crippen molar-refractivity contribution < 1.29 is 17.9 Å². The summed E-state index contributed by atoms with van der Waals surface area (Å²) >= 11 is 0. The fourth-order valence-corrected chi connectivity index (χ4v) is 3.97. The first-order chi connectivity index (χ1) is 11.8. The van der Waals surface area contributed by atoms with Crippen molar-refractivity contribution in [1.82, 2.24) is 4.90 Å². The second-order valence-corrected chi connectivity index (χ2v) is 8.25. The van der Waals surface area contributed by atoms with Gasteiger partial charge in [0.25, 0.3) is 0 Å². The van der Waals surface area contributed by atoms with Crippen LogP contribution < -0.4 is 15.2 Å². The van der Waals surface area contributed by atoms with Crippen LogP contribution in [-0.2, 0) is 14.8 Å². The molecule has 1 aromatic rings. The molecule has 3 N–H and O–H groups in total. The summed E-state index contributed by atoms with van der Waals surface area (Å²) in [5, 5.41) is 0. The predicted octanol–water partition coefficient (Wildman–Crippen LogP) is 1.56. The Kier molecular flexibility index (Phi) is 6.66. The molecule has 1 unspecified atom stereocenters. The molecule has 7 nitrogen and oxygen atoms in total. The van der Waals surface area contributed by atoms with Crippen molar-refractivity contribution in [3.05, 3.63) is 24.3 Å². The Morgan fingerprint density at radius 3 is 2.60 bits per heavy atom. The van der Waals surface area contributed by atoms with E-state index in [1.807, 2.05) is 13.8 Å². The van der Waals surface area contributed by atoms with Gasteiger partial charge in [-0.15, -0.1) is 0 Å². The summed E-state index contributed by atoms with van der Waals surface area (Å²) < 4.78 is 32.5. The first-order valence-corrected chi connectivity index (χ1v) is 10.2. The molecule has 1 heterocycles. The number of rotatable bonds is 7. The van der Waals surface area contributed by atoms with Crippen molar-refractivity contribution in [3.63, 3.8) is 0 Å². The molecule has 1 fully saturated rings. The molecule has 1 aliphatic rings. The fraction of sp³-hybridized carbons (Fsp3) is 0.588. The number of anilines is 1. The number of carbonyl (C=O) groups is 1. The largest absolute Gasteiger partial charge is 0.491 e. The molecule has 25 heavy (non-hydrogen) atoms. The Morgan fingerprint density at radius 2 is 2.00 bits per heavy atom. The maximum atomic E-state index is 12.4. The van der Waals surface area contributed by atoms with E-state index in [2.05, 4.69) is 4.72 Å². The maximum Gasteiger partial charge on any atom is 0.241 e. The lowest BCUT2D eigenvalue weighted by Gasteiger charge is -2.35. The van der Waals surface area contributed by atoms with Gasteiger partial charge in [-0.2, -0.15) is 0 Å². The van der Waals surface area contributed by atoms with Crippen LogP contribution in [0.1, 0.15) is 33.1 Å². The molecule has 0 bridgehead atoms. The molecule has 1 saturated heterocycles. The zero-order chi connectivity index (χ0) is 18.4. The minimum absolute atomic E-state index is 0.0418. The molecule has 0 spiro atoms. The number of likely N-dealkylation sites (tertiary alicyclic amines) is 1. The summed E-state index contributed by atoms with van der Waals surface area (Å²) in [7, 11) is -3.77. The Balaban J connectivity index is 1.97. The number of piperidine rings is 1. The minimum atomic E-state index is -3.77. The Bertz CT molecular complexity index is 674. The molecule has 0 radical (unpaired) electrons. The SMILES string of the molecule is CC(C)Oc1ccc(NS(=O)(=O)CC(=O)N2CCCCC2CN)cc1. The highest BCUT2D eigenvalue weighted by molar-refractivity contribution is 7.93. The van der Waals surface area contributed by atoms with E-state index in [0.29, 0.717) is 24.5 Å². The van der Waals surface area contributed by atoms with Crippen LogP contribution in [0, 0.1) is 0 Å². The van der Waals surface area contributed by atoms with Crippen molar-refractivity contribution in [2.75, 3.05) is 23.6 Å². The summed E-state index contributed by atoms with van der Waals surface area (Å²) in [4.78, 5) is 14.0. The first kappa shape index (κ1) is 19.5. The summed E-state index contributed by atoms with van der Waals surface area (Å²) in [5.41, 5.74) is 6.10. The van der Waals surface area contributed by atoms with E-state index in [1.165, 1.54) is 0 Å². The Morgan fingerprint density at radius 1 is 1.32 bits per heavy atom. The molecule has 1 aromatic carbocycles. The lowest BCUT2D eigenvalue weighted by molar-refractivity contribution is -0.131. The first-order valence-electron chi connectivity index (χ1n) is 8.57. The second kappa shape index (κ2) is 8.53. The van der Waals surface area contributed by atoms with Gasteiger partial charge in [-0.25, -0.2) is 8.42 Å². The van der Waals surface area contributed by atoms with E-state index in [-0.39, 0.29) is 12.1 Å². The van der Waals surface area contributed by atoms with Crippen LogP contribution in [0.2, 0.25) is 0 Å².